The maximum atomic E-state index is 15.7. The highest BCUT2D eigenvalue weighted by atomic mass is 19.4. The normalized spacial score (nSPS) is 23.8. The van der Waals surface area contributed by atoms with E-state index in [1.165, 1.54) is 18.2 Å². The van der Waals surface area contributed by atoms with Crippen LogP contribution < -0.4 is 5.32 Å². The summed E-state index contributed by atoms with van der Waals surface area (Å²) in [7, 11) is 3.94. The Labute approximate surface area is 277 Å². The Morgan fingerprint density at radius 1 is 1.04 bits per heavy atom. The number of hydrogen-bond acceptors (Lipinski definition) is 7. The Kier molecular flexibility index (Phi) is 7.83. The first-order chi connectivity index (χ1) is 23.2. The molecule has 4 heterocycles. The predicted molar refractivity (Wildman–Crippen MR) is 162 cm³/mol. The van der Waals surface area contributed by atoms with Crippen molar-refractivity contribution in [3.8, 4) is 11.1 Å². The molecule has 16 heteroatoms. The molecule has 3 aliphatic heterocycles. The third-order valence-corrected chi connectivity index (χ3v) is 10.2. The minimum Gasteiger partial charge on any atom is -0.377 e. The summed E-state index contributed by atoms with van der Waals surface area (Å²) in [6.07, 6.45) is -3.55. The number of likely N-dealkylation sites (N-methyl/N-ethyl adjacent to an activating group) is 1. The molecule has 0 unspecified atom stereocenters. The Hall–Kier alpha value is -4.41. The second-order valence-electron chi connectivity index (χ2n) is 13.4. The van der Waals surface area contributed by atoms with Crippen LogP contribution >= 0.6 is 0 Å². The van der Waals surface area contributed by atoms with Gasteiger partial charge in [0, 0.05) is 24.7 Å². The molecule has 3 fully saturated rings. The number of alkyl halides is 4. The summed E-state index contributed by atoms with van der Waals surface area (Å²) in [4.78, 5) is 43.9. The monoisotopic (exact) mass is 688 g/mol. The number of carbonyl (C=O) groups excluding carboxylic acids is 3. The first-order valence-corrected chi connectivity index (χ1v) is 15.6. The summed E-state index contributed by atoms with van der Waals surface area (Å²) in [6, 6.07) is 8.34. The SMILES string of the molecule is CN(C)C1(Cn2cc(-c3ccc4c(c3)[C@H](F)C[C@]43NC(=O)N(CC(=O)N(Cc4ccc(F)cc4)C4(C(F)(F)F)COC4)C3=O)cn2)COC1. The zero-order chi connectivity index (χ0) is 34.9. The number of rotatable bonds is 9. The average Bonchev–Trinajstić information content (AvgIpc) is 3.64. The fourth-order valence-corrected chi connectivity index (χ4v) is 6.94. The van der Waals surface area contributed by atoms with E-state index in [1.807, 2.05) is 20.3 Å². The van der Waals surface area contributed by atoms with E-state index in [1.54, 1.807) is 23.0 Å². The summed E-state index contributed by atoms with van der Waals surface area (Å²) < 4.78 is 84.5. The van der Waals surface area contributed by atoms with Gasteiger partial charge < -0.3 is 19.7 Å². The highest BCUT2D eigenvalue weighted by Crippen LogP contribution is 2.50. The first kappa shape index (κ1) is 33.1. The average molecular weight is 689 g/mol. The molecule has 3 saturated heterocycles. The van der Waals surface area contributed by atoms with Crippen LogP contribution in [0.1, 0.15) is 29.3 Å². The number of imide groups is 1. The summed E-state index contributed by atoms with van der Waals surface area (Å²) in [5.74, 6) is -2.75. The van der Waals surface area contributed by atoms with Gasteiger partial charge >= 0.3 is 12.2 Å². The Morgan fingerprint density at radius 2 is 1.73 bits per heavy atom. The lowest BCUT2D eigenvalue weighted by Crippen LogP contribution is -2.72. The number of amides is 4. The molecule has 1 aliphatic carbocycles. The van der Waals surface area contributed by atoms with Crippen molar-refractivity contribution in [2.75, 3.05) is 47.1 Å². The molecule has 49 heavy (non-hydrogen) atoms. The van der Waals surface area contributed by atoms with Gasteiger partial charge in [0.15, 0.2) is 5.54 Å². The van der Waals surface area contributed by atoms with Crippen LogP contribution in [0, 0.1) is 5.82 Å². The van der Waals surface area contributed by atoms with E-state index in [0.29, 0.717) is 40.7 Å². The number of halogens is 5. The summed E-state index contributed by atoms with van der Waals surface area (Å²) in [5.41, 5.74) is -2.85. The van der Waals surface area contributed by atoms with Gasteiger partial charge in [-0.2, -0.15) is 18.3 Å². The topological polar surface area (TPSA) is 109 Å². The molecule has 1 aromatic heterocycles. The van der Waals surface area contributed by atoms with E-state index >= 15 is 4.39 Å². The fraction of sp³-hybridized carbons (Fsp3) is 0.455. The van der Waals surface area contributed by atoms with Crippen molar-refractivity contribution in [3.05, 3.63) is 77.4 Å². The number of carbonyl (C=O) groups is 3. The maximum absolute atomic E-state index is 15.7. The van der Waals surface area contributed by atoms with Crippen molar-refractivity contribution in [1.82, 2.24) is 29.8 Å². The number of hydrogen-bond donors (Lipinski definition) is 1. The molecule has 260 valence electrons. The number of ether oxygens (including phenoxy) is 2. The standard InChI is InChI=1S/C33H33F5N6O5/c1-41(2)30(16-48-17-30)15-42-13-22(11-39-42)21-5-8-25-24(9-21)26(35)10-32(25)28(46)43(29(47)40-32)14-27(45)44(12-20-3-6-23(34)7-4-20)31(18-49-19-31)33(36,37)38/h3-9,11,13,26H,10,12,14-19H2,1-2H3,(H,40,47)/t26-,32+/m1/s1. The number of fused-ring (bicyclic) bond motifs is 2. The minimum atomic E-state index is -4.92. The van der Waals surface area contributed by atoms with Crippen molar-refractivity contribution >= 4 is 17.8 Å². The summed E-state index contributed by atoms with van der Waals surface area (Å²) >= 11 is 0. The smallest absolute Gasteiger partial charge is 0.377 e. The zero-order valence-corrected chi connectivity index (χ0v) is 26.6. The minimum absolute atomic E-state index is 0.171. The predicted octanol–water partition coefficient (Wildman–Crippen LogP) is 3.54. The molecule has 0 saturated carbocycles. The van der Waals surface area contributed by atoms with Crippen LogP contribution in [0.4, 0.5) is 26.7 Å². The van der Waals surface area contributed by atoms with Crippen LogP contribution in [-0.2, 0) is 37.7 Å². The lowest BCUT2D eigenvalue weighted by atomic mass is 9.90. The van der Waals surface area contributed by atoms with E-state index in [-0.39, 0.29) is 22.2 Å². The van der Waals surface area contributed by atoms with Crippen LogP contribution in [0.3, 0.4) is 0 Å². The molecule has 1 spiro atoms. The van der Waals surface area contributed by atoms with Gasteiger partial charge in [0.2, 0.25) is 5.91 Å². The molecular weight excluding hydrogens is 655 g/mol. The quantitative estimate of drug-likeness (QED) is 0.271. The highest BCUT2D eigenvalue weighted by Gasteiger charge is 2.65. The first-order valence-electron chi connectivity index (χ1n) is 15.6. The Morgan fingerprint density at radius 3 is 2.33 bits per heavy atom. The summed E-state index contributed by atoms with van der Waals surface area (Å²) in [5, 5.41) is 6.99. The van der Waals surface area contributed by atoms with Gasteiger partial charge in [-0.25, -0.2) is 13.6 Å². The number of urea groups is 1. The van der Waals surface area contributed by atoms with Gasteiger partial charge in [0.25, 0.3) is 5.91 Å². The van der Waals surface area contributed by atoms with Crippen molar-refractivity contribution in [3.63, 3.8) is 0 Å². The number of nitrogens with one attached hydrogen (secondary N) is 1. The third-order valence-electron chi connectivity index (χ3n) is 10.2. The molecule has 0 radical (unpaired) electrons. The Balaban J connectivity index is 1.13. The summed E-state index contributed by atoms with van der Waals surface area (Å²) in [6.45, 7) is -1.62. The van der Waals surface area contributed by atoms with Crippen LogP contribution in [0.5, 0.6) is 0 Å². The largest absolute Gasteiger partial charge is 0.416 e. The van der Waals surface area contributed by atoms with Crippen molar-refractivity contribution in [1.29, 1.82) is 0 Å². The van der Waals surface area contributed by atoms with Gasteiger partial charge in [0.1, 0.15) is 24.1 Å². The van der Waals surface area contributed by atoms with E-state index in [2.05, 4.69) is 15.3 Å². The number of aromatic nitrogens is 2. The Bertz CT molecular complexity index is 1810. The number of benzene rings is 2. The molecule has 4 aliphatic rings. The van der Waals surface area contributed by atoms with Gasteiger partial charge in [-0.05, 0) is 54.5 Å². The van der Waals surface area contributed by atoms with Crippen LogP contribution in [0.2, 0.25) is 0 Å². The van der Waals surface area contributed by atoms with Crippen LogP contribution in [0.25, 0.3) is 11.1 Å². The second-order valence-corrected chi connectivity index (χ2v) is 13.4. The molecule has 2 aromatic carbocycles. The van der Waals surface area contributed by atoms with E-state index in [4.69, 9.17) is 9.47 Å². The molecule has 7 rings (SSSR count). The molecular formula is C33H33F5N6O5. The van der Waals surface area contributed by atoms with Crippen LogP contribution in [-0.4, -0.2) is 107 Å². The molecule has 4 amide bonds. The van der Waals surface area contributed by atoms with E-state index in [0.717, 1.165) is 12.1 Å². The fourth-order valence-electron chi connectivity index (χ4n) is 6.94. The molecule has 11 nitrogen and oxygen atoms in total. The zero-order valence-electron chi connectivity index (χ0n) is 26.6. The van der Waals surface area contributed by atoms with Gasteiger partial charge in [-0.3, -0.25) is 24.1 Å². The van der Waals surface area contributed by atoms with E-state index < -0.39 is 79.8 Å². The molecule has 0 bridgehead atoms. The lowest BCUT2D eigenvalue weighted by molar-refractivity contribution is -0.302. The highest BCUT2D eigenvalue weighted by molar-refractivity contribution is 6.10. The third kappa shape index (κ3) is 5.27. The van der Waals surface area contributed by atoms with Crippen molar-refractivity contribution < 1.29 is 45.8 Å². The van der Waals surface area contributed by atoms with Gasteiger partial charge in [-0.15, -0.1) is 0 Å². The van der Waals surface area contributed by atoms with E-state index in [9.17, 15) is 31.9 Å². The second kappa shape index (κ2) is 11.6. The van der Waals surface area contributed by atoms with Crippen LogP contribution in [0.15, 0.2) is 54.9 Å². The number of nitrogens with zero attached hydrogens (tertiary/aromatic N) is 5. The molecule has 1 N–H and O–H groups in total. The maximum Gasteiger partial charge on any atom is 0.416 e. The van der Waals surface area contributed by atoms with Crippen molar-refractivity contribution in [2.45, 2.75) is 48.5 Å². The van der Waals surface area contributed by atoms with Crippen molar-refractivity contribution in [2.24, 2.45) is 0 Å². The lowest BCUT2D eigenvalue weighted by Gasteiger charge is -2.50. The van der Waals surface area contributed by atoms with Gasteiger partial charge in [0.05, 0.1) is 44.7 Å². The molecule has 2 atom stereocenters. The van der Waals surface area contributed by atoms with Gasteiger partial charge in [-0.1, -0.05) is 24.3 Å². The molecule has 3 aromatic rings.